The van der Waals surface area contributed by atoms with E-state index < -0.39 is 5.54 Å². The SMILES string of the molecule is NC1(C(=O)Nc2ccc(Cl)cc2Br)CCC1. The van der Waals surface area contributed by atoms with Crippen LogP contribution in [0.25, 0.3) is 0 Å². The first-order valence-corrected chi connectivity index (χ1v) is 6.24. The van der Waals surface area contributed by atoms with Crippen molar-refractivity contribution in [3.63, 3.8) is 0 Å². The number of carbonyl (C=O) groups is 1. The van der Waals surface area contributed by atoms with E-state index >= 15 is 0 Å². The first-order valence-electron chi connectivity index (χ1n) is 5.07. The predicted molar refractivity (Wildman–Crippen MR) is 68.6 cm³/mol. The van der Waals surface area contributed by atoms with E-state index in [1.807, 2.05) is 0 Å². The molecule has 0 saturated heterocycles. The summed E-state index contributed by atoms with van der Waals surface area (Å²) in [5.41, 5.74) is 5.94. The Labute approximate surface area is 107 Å². The van der Waals surface area contributed by atoms with Gasteiger partial charge in [0.15, 0.2) is 0 Å². The quantitative estimate of drug-likeness (QED) is 0.882. The van der Waals surface area contributed by atoms with Crippen molar-refractivity contribution in [1.82, 2.24) is 0 Å². The largest absolute Gasteiger partial charge is 0.323 e. The van der Waals surface area contributed by atoms with Gasteiger partial charge in [-0.15, -0.1) is 0 Å². The second-order valence-electron chi connectivity index (χ2n) is 4.09. The molecule has 1 aromatic rings. The molecule has 0 aliphatic heterocycles. The maximum atomic E-state index is 11.9. The number of hydrogen-bond donors (Lipinski definition) is 2. The molecule has 1 fully saturated rings. The van der Waals surface area contributed by atoms with Crippen molar-refractivity contribution in [1.29, 1.82) is 0 Å². The predicted octanol–water partition coefficient (Wildman–Crippen LogP) is 2.92. The van der Waals surface area contributed by atoms with Gasteiger partial charge >= 0.3 is 0 Å². The van der Waals surface area contributed by atoms with Crippen molar-refractivity contribution >= 4 is 39.1 Å². The molecule has 1 aliphatic carbocycles. The standard InChI is InChI=1S/C11H12BrClN2O/c12-8-6-7(13)2-3-9(8)15-10(16)11(14)4-1-5-11/h2-3,6H,1,4-5,14H2,(H,15,16). The number of hydrogen-bond acceptors (Lipinski definition) is 2. The van der Waals surface area contributed by atoms with E-state index in [0.717, 1.165) is 23.7 Å². The molecule has 3 N–H and O–H groups in total. The molecule has 86 valence electrons. The second kappa shape index (κ2) is 4.35. The van der Waals surface area contributed by atoms with E-state index in [-0.39, 0.29) is 5.91 Å². The van der Waals surface area contributed by atoms with Crippen LogP contribution in [-0.4, -0.2) is 11.4 Å². The third-order valence-electron chi connectivity index (χ3n) is 2.88. The van der Waals surface area contributed by atoms with Crippen LogP contribution in [0.4, 0.5) is 5.69 Å². The monoisotopic (exact) mass is 302 g/mol. The molecule has 0 bridgehead atoms. The van der Waals surface area contributed by atoms with Gasteiger partial charge in [0.2, 0.25) is 5.91 Å². The normalized spacial score (nSPS) is 17.7. The lowest BCUT2D eigenvalue weighted by atomic mass is 9.77. The molecule has 3 nitrogen and oxygen atoms in total. The minimum atomic E-state index is -0.681. The van der Waals surface area contributed by atoms with Crippen molar-refractivity contribution in [3.05, 3.63) is 27.7 Å². The van der Waals surface area contributed by atoms with Gasteiger partial charge in [-0.25, -0.2) is 0 Å². The van der Waals surface area contributed by atoms with Gasteiger partial charge in [0, 0.05) is 9.50 Å². The van der Waals surface area contributed by atoms with Crippen LogP contribution in [0.5, 0.6) is 0 Å². The maximum Gasteiger partial charge on any atom is 0.244 e. The molecule has 1 saturated carbocycles. The van der Waals surface area contributed by atoms with Crippen LogP contribution in [0.1, 0.15) is 19.3 Å². The van der Waals surface area contributed by atoms with E-state index in [1.54, 1.807) is 18.2 Å². The van der Waals surface area contributed by atoms with Gasteiger partial charge in [-0.2, -0.15) is 0 Å². The number of benzene rings is 1. The van der Waals surface area contributed by atoms with Crippen LogP contribution >= 0.6 is 27.5 Å². The summed E-state index contributed by atoms with van der Waals surface area (Å²) >= 11 is 9.16. The Morgan fingerprint density at radius 2 is 2.19 bits per heavy atom. The zero-order chi connectivity index (χ0) is 11.8. The number of rotatable bonds is 2. The molecule has 0 heterocycles. The van der Waals surface area contributed by atoms with Crippen molar-refractivity contribution in [3.8, 4) is 0 Å². The fourth-order valence-electron chi connectivity index (χ4n) is 1.62. The molecule has 0 spiro atoms. The van der Waals surface area contributed by atoms with Crippen LogP contribution in [0.2, 0.25) is 5.02 Å². The topological polar surface area (TPSA) is 55.1 Å². The van der Waals surface area contributed by atoms with Crippen LogP contribution in [0.15, 0.2) is 22.7 Å². The highest BCUT2D eigenvalue weighted by molar-refractivity contribution is 9.10. The molecular formula is C11H12BrClN2O. The van der Waals surface area contributed by atoms with Gasteiger partial charge in [-0.1, -0.05) is 11.6 Å². The molecule has 2 rings (SSSR count). The summed E-state index contributed by atoms with van der Waals surface area (Å²) < 4.78 is 0.760. The first kappa shape index (κ1) is 11.9. The minimum Gasteiger partial charge on any atom is -0.323 e. The Bertz CT molecular complexity index is 432. The highest BCUT2D eigenvalue weighted by Crippen LogP contribution is 2.32. The lowest BCUT2D eigenvalue weighted by molar-refractivity contribution is -0.123. The van der Waals surface area contributed by atoms with Gasteiger partial charge in [0.05, 0.1) is 11.2 Å². The molecule has 0 unspecified atom stereocenters. The van der Waals surface area contributed by atoms with Gasteiger partial charge in [-0.3, -0.25) is 4.79 Å². The molecule has 0 aromatic heterocycles. The Hall–Kier alpha value is -0.580. The summed E-state index contributed by atoms with van der Waals surface area (Å²) in [7, 11) is 0. The fourth-order valence-corrected chi connectivity index (χ4v) is 2.40. The van der Waals surface area contributed by atoms with Crippen molar-refractivity contribution in [2.75, 3.05) is 5.32 Å². The molecule has 5 heteroatoms. The summed E-state index contributed by atoms with van der Waals surface area (Å²) in [6.07, 6.45) is 2.53. The molecule has 0 radical (unpaired) electrons. The van der Waals surface area contributed by atoms with E-state index in [1.165, 1.54) is 0 Å². The lowest BCUT2D eigenvalue weighted by Crippen LogP contribution is -2.56. The molecule has 16 heavy (non-hydrogen) atoms. The van der Waals surface area contributed by atoms with Crippen molar-refractivity contribution in [2.45, 2.75) is 24.8 Å². The molecule has 1 aliphatic rings. The van der Waals surface area contributed by atoms with Gasteiger partial charge in [-0.05, 0) is 53.4 Å². The van der Waals surface area contributed by atoms with Crippen LogP contribution < -0.4 is 11.1 Å². The molecular weight excluding hydrogens is 291 g/mol. The molecule has 1 amide bonds. The number of amides is 1. The van der Waals surface area contributed by atoms with E-state index in [0.29, 0.717) is 10.7 Å². The average Bonchev–Trinajstić information content (AvgIpc) is 2.18. The zero-order valence-corrected chi connectivity index (χ0v) is 10.9. The highest BCUT2D eigenvalue weighted by Gasteiger charge is 2.40. The Morgan fingerprint density at radius 3 is 2.69 bits per heavy atom. The van der Waals surface area contributed by atoms with Crippen LogP contribution in [0.3, 0.4) is 0 Å². The zero-order valence-electron chi connectivity index (χ0n) is 8.59. The number of nitrogens with one attached hydrogen (secondary N) is 1. The van der Waals surface area contributed by atoms with Gasteiger partial charge in [0.1, 0.15) is 0 Å². The summed E-state index contributed by atoms with van der Waals surface area (Å²) in [5, 5.41) is 3.43. The number of halogens is 2. The second-order valence-corrected chi connectivity index (χ2v) is 5.38. The van der Waals surface area contributed by atoms with E-state index in [4.69, 9.17) is 17.3 Å². The molecule has 0 atom stereocenters. The Balaban J connectivity index is 2.12. The smallest absolute Gasteiger partial charge is 0.244 e. The lowest BCUT2D eigenvalue weighted by Gasteiger charge is -2.36. The summed E-state index contributed by atoms with van der Waals surface area (Å²) in [6, 6.07) is 5.22. The van der Waals surface area contributed by atoms with Gasteiger partial charge in [0.25, 0.3) is 0 Å². The van der Waals surface area contributed by atoms with Crippen molar-refractivity contribution in [2.24, 2.45) is 5.73 Å². The number of carbonyl (C=O) groups excluding carboxylic acids is 1. The Kier molecular flexibility index (Phi) is 3.24. The summed E-state index contributed by atoms with van der Waals surface area (Å²) in [5.74, 6) is -0.123. The van der Waals surface area contributed by atoms with Gasteiger partial charge < -0.3 is 11.1 Å². The van der Waals surface area contributed by atoms with Crippen LogP contribution in [-0.2, 0) is 4.79 Å². The first-order chi connectivity index (χ1) is 7.51. The third-order valence-corrected chi connectivity index (χ3v) is 3.77. The summed E-state index contributed by atoms with van der Waals surface area (Å²) in [6.45, 7) is 0. The number of anilines is 1. The molecule has 1 aromatic carbocycles. The average molecular weight is 304 g/mol. The number of nitrogens with two attached hydrogens (primary N) is 1. The highest BCUT2D eigenvalue weighted by atomic mass is 79.9. The van der Waals surface area contributed by atoms with E-state index in [2.05, 4.69) is 21.2 Å². The maximum absolute atomic E-state index is 11.9. The van der Waals surface area contributed by atoms with Crippen LogP contribution in [0, 0.1) is 0 Å². The Morgan fingerprint density at radius 1 is 1.50 bits per heavy atom. The fraction of sp³-hybridized carbons (Fsp3) is 0.364. The van der Waals surface area contributed by atoms with E-state index in [9.17, 15) is 4.79 Å². The minimum absolute atomic E-state index is 0.123. The van der Waals surface area contributed by atoms with Crippen molar-refractivity contribution < 1.29 is 4.79 Å². The summed E-state index contributed by atoms with van der Waals surface area (Å²) in [4.78, 5) is 11.9. The third kappa shape index (κ3) is 2.24.